The van der Waals surface area contributed by atoms with Gasteiger partial charge in [0.2, 0.25) is 0 Å². The summed E-state index contributed by atoms with van der Waals surface area (Å²) in [5.41, 5.74) is 1.34. The smallest absolute Gasteiger partial charge is 0.338 e. The van der Waals surface area contributed by atoms with E-state index in [1.54, 1.807) is 0 Å². The largest absolute Gasteiger partial charge is 0.465 e. The molecule has 0 amide bonds. The molecule has 0 saturated carbocycles. The highest BCUT2D eigenvalue weighted by atomic mass is 16.5. The lowest BCUT2D eigenvalue weighted by molar-refractivity contribution is -0.134. The van der Waals surface area contributed by atoms with Crippen molar-refractivity contribution < 1.29 is 28.6 Å². The van der Waals surface area contributed by atoms with Crippen molar-refractivity contribution in [3.63, 3.8) is 0 Å². The van der Waals surface area contributed by atoms with Crippen LogP contribution < -0.4 is 4.74 Å². The van der Waals surface area contributed by atoms with Gasteiger partial charge in [-0.05, 0) is 36.6 Å². The van der Waals surface area contributed by atoms with Crippen LogP contribution in [0.15, 0.2) is 48.5 Å². The summed E-state index contributed by atoms with van der Waals surface area (Å²) >= 11 is 0. The Morgan fingerprint density at radius 2 is 1.42 bits per heavy atom. The molecule has 0 heterocycles. The first-order chi connectivity index (χ1) is 12.5. The van der Waals surface area contributed by atoms with Crippen LogP contribution in [0.3, 0.4) is 0 Å². The van der Waals surface area contributed by atoms with Crippen LogP contribution in [-0.2, 0) is 20.7 Å². The molecule has 0 aliphatic heterocycles. The van der Waals surface area contributed by atoms with E-state index in [0.717, 1.165) is 12.0 Å². The maximum absolute atomic E-state index is 12.0. The molecule has 6 nitrogen and oxygen atoms in total. The van der Waals surface area contributed by atoms with Gasteiger partial charge in [0, 0.05) is 6.42 Å². The van der Waals surface area contributed by atoms with Crippen LogP contribution in [0.25, 0.3) is 0 Å². The first-order valence-corrected chi connectivity index (χ1v) is 8.10. The van der Waals surface area contributed by atoms with E-state index in [4.69, 9.17) is 4.74 Å². The van der Waals surface area contributed by atoms with E-state index in [-0.39, 0.29) is 23.3 Å². The van der Waals surface area contributed by atoms with Gasteiger partial charge in [0.1, 0.15) is 5.75 Å². The Labute approximate surface area is 151 Å². The van der Waals surface area contributed by atoms with Gasteiger partial charge in [0.25, 0.3) is 0 Å². The van der Waals surface area contributed by atoms with Crippen LogP contribution in [0, 0.1) is 0 Å². The fourth-order valence-electron chi connectivity index (χ4n) is 2.39. The fraction of sp³-hybridized carbons (Fsp3) is 0.250. The van der Waals surface area contributed by atoms with Crippen molar-refractivity contribution >= 4 is 17.9 Å². The van der Waals surface area contributed by atoms with Gasteiger partial charge < -0.3 is 14.2 Å². The molecular formula is C20H20O6. The Kier molecular flexibility index (Phi) is 6.91. The molecule has 0 spiro atoms. The number of carbonyl (C=O) groups excluding carboxylic acids is 3. The number of rotatable bonds is 7. The van der Waals surface area contributed by atoms with E-state index < -0.39 is 17.9 Å². The van der Waals surface area contributed by atoms with Gasteiger partial charge in [-0.25, -0.2) is 9.59 Å². The van der Waals surface area contributed by atoms with Crippen LogP contribution >= 0.6 is 0 Å². The quantitative estimate of drug-likeness (QED) is 0.560. The standard InChI is InChI=1S/C20H20O6/c1-24-19(22)15-11-16(20(23)25-2)13-17(12-15)26-18(21)10-6-9-14-7-4-3-5-8-14/h3-5,7-8,11-13H,6,9-10H2,1-2H3. The second kappa shape index (κ2) is 9.36. The fourth-order valence-corrected chi connectivity index (χ4v) is 2.39. The molecule has 2 aromatic rings. The summed E-state index contributed by atoms with van der Waals surface area (Å²) < 4.78 is 14.6. The van der Waals surface area contributed by atoms with Crippen molar-refractivity contribution in [3.05, 3.63) is 65.2 Å². The first kappa shape index (κ1) is 19.2. The van der Waals surface area contributed by atoms with Gasteiger partial charge in [-0.15, -0.1) is 0 Å². The predicted molar refractivity (Wildman–Crippen MR) is 94.1 cm³/mol. The number of methoxy groups -OCH3 is 2. The van der Waals surface area contributed by atoms with Crippen LogP contribution in [0.2, 0.25) is 0 Å². The maximum atomic E-state index is 12.0. The second-order valence-electron chi connectivity index (χ2n) is 5.54. The Morgan fingerprint density at radius 1 is 0.846 bits per heavy atom. The van der Waals surface area contributed by atoms with Crippen LogP contribution in [0.5, 0.6) is 5.75 Å². The average Bonchev–Trinajstić information content (AvgIpc) is 2.67. The van der Waals surface area contributed by atoms with Gasteiger partial charge in [-0.3, -0.25) is 4.79 Å². The minimum Gasteiger partial charge on any atom is -0.465 e. The van der Waals surface area contributed by atoms with Crippen molar-refractivity contribution in [3.8, 4) is 5.75 Å². The van der Waals surface area contributed by atoms with Crippen LogP contribution in [0.4, 0.5) is 0 Å². The third-order valence-electron chi connectivity index (χ3n) is 3.67. The Balaban J connectivity index is 2.03. The SMILES string of the molecule is COC(=O)c1cc(OC(=O)CCCc2ccccc2)cc(C(=O)OC)c1. The summed E-state index contributed by atoms with van der Waals surface area (Å²) in [5, 5.41) is 0. The molecule has 26 heavy (non-hydrogen) atoms. The van der Waals surface area contributed by atoms with Crippen molar-refractivity contribution in [1.82, 2.24) is 0 Å². The molecule has 0 atom stereocenters. The van der Waals surface area contributed by atoms with Crippen molar-refractivity contribution in [2.75, 3.05) is 14.2 Å². The Hall–Kier alpha value is -3.15. The molecule has 0 bridgehead atoms. The Morgan fingerprint density at radius 3 is 1.96 bits per heavy atom. The number of benzene rings is 2. The second-order valence-corrected chi connectivity index (χ2v) is 5.54. The van der Waals surface area contributed by atoms with Gasteiger partial charge in [0.15, 0.2) is 0 Å². The lowest BCUT2D eigenvalue weighted by Crippen LogP contribution is -2.11. The summed E-state index contributed by atoms with van der Waals surface area (Å²) in [5.74, 6) is -1.63. The zero-order valence-electron chi connectivity index (χ0n) is 14.7. The Bertz CT molecular complexity index is 748. The highest BCUT2D eigenvalue weighted by Crippen LogP contribution is 2.20. The molecule has 0 saturated heterocycles. The van der Waals surface area contributed by atoms with Gasteiger partial charge in [-0.2, -0.15) is 0 Å². The zero-order chi connectivity index (χ0) is 18.9. The summed E-state index contributed by atoms with van der Waals surface area (Å²) in [6, 6.07) is 13.8. The summed E-state index contributed by atoms with van der Waals surface area (Å²) in [7, 11) is 2.45. The monoisotopic (exact) mass is 356 g/mol. The van der Waals surface area contributed by atoms with Crippen molar-refractivity contribution in [2.45, 2.75) is 19.3 Å². The topological polar surface area (TPSA) is 78.9 Å². The highest BCUT2D eigenvalue weighted by Gasteiger charge is 2.16. The van der Waals surface area contributed by atoms with Crippen LogP contribution in [0.1, 0.15) is 39.1 Å². The van der Waals surface area contributed by atoms with E-state index in [0.29, 0.717) is 6.42 Å². The molecule has 0 unspecified atom stereocenters. The molecule has 2 rings (SSSR count). The third kappa shape index (κ3) is 5.44. The lowest BCUT2D eigenvalue weighted by Gasteiger charge is -2.09. The maximum Gasteiger partial charge on any atom is 0.338 e. The van der Waals surface area contributed by atoms with Crippen molar-refractivity contribution in [2.24, 2.45) is 0 Å². The van der Waals surface area contributed by atoms with Gasteiger partial charge in [-0.1, -0.05) is 30.3 Å². The summed E-state index contributed by atoms with van der Waals surface area (Å²) in [6.45, 7) is 0. The van der Waals surface area contributed by atoms with Crippen molar-refractivity contribution in [1.29, 1.82) is 0 Å². The molecule has 0 aliphatic rings. The zero-order valence-corrected chi connectivity index (χ0v) is 14.7. The minimum atomic E-state index is -0.642. The minimum absolute atomic E-state index is 0.0954. The molecule has 6 heteroatoms. The van der Waals surface area contributed by atoms with E-state index >= 15 is 0 Å². The molecule has 0 aromatic heterocycles. The molecule has 0 radical (unpaired) electrons. The van der Waals surface area contributed by atoms with E-state index in [9.17, 15) is 14.4 Å². The third-order valence-corrected chi connectivity index (χ3v) is 3.67. The van der Waals surface area contributed by atoms with E-state index in [2.05, 4.69) is 9.47 Å². The number of carbonyl (C=O) groups is 3. The van der Waals surface area contributed by atoms with Crippen LogP contribution in [-0.4, -0.2) is 32.1 Å². The number of ether oxygens (including phenoxy) is 3. The van der Waals surface area contributed by atoms with E-state index in [1.165, 1.54) is 32.4 Å². The number of hydrogen-bond donors (Lipinski definition) is 0. The lowest BCUT2D eigenvalue weighted by atomic mass is 10.1. The number of hydrogen-bond acceptors (Lipinski definition) is 6. The summed E-state index contributed by atoms with van der Waals surface area (Å²) in [4.78, 5) is 35.5. The molecule has 136 valence electrons. The predicted octanol–water partition coefficient (Wildman–Crippen LogP) is 3.19. The normalized spacial score (nSPS) is 10.1. The highest BCUT2D eigenvalue weighted by molar-refractivity contribution is 5.96. The molecule has 2 aromatic carbocycles. The molecule has 0 N–H and O–H groups in total. The molecule has 0 fully saturated rings. The summed E-state index contributed by atoms with van der Waals surface area (Å²) in [6.07, 6.45) is 1.60. The molecular weight excluding hydrogens is 336 g/mol. The number of aryl methyl sites for hydroxylation is 1. The number of esters is 3. The average molecular weight is 356 g/mol. The molecule has 0 aliphatic carbocycles. The van der Waals surface area contributed by atoms with E-state index in [1.807, 2.05) is 30.3 Å². The van der Waals surface area contributed by atoms with Gasteiger partial charge in [0.05, 0.1) is 25.3 Å². The van der Waals surface area contributed by atoms with Gasteiger partial charge >= 0.3 is 17.9 Å². The first-order valence-electron chi connectivity index (χ1n) is 8.10.